The van der Waals surface area contributed by atoms with Crippen molar-refractivity contribution in [3.8, 4) is 5.75 Å². The summed E-state index contributed by atoms with van der Waals surface area (Å²) in [5, 5.41) is 0. The molecule has 0 aliphatic carbocycles. The van der Waals surface area contributed by atoms with Gasteiger partial charge >= 0.3 is 5.97 Å². The first-order valence-corrected chi connectivity index (χ1v) is 10.6. The lowest BCUT2D eigenvalue weighted by molar-refractivity contribution is -0.133. The average Bonchev–Trinajstić information content (AvgIpc) is 3.12. The molecule has 0 radical (unpaired) electrons. The van der Waals surface area contributed by atoms with Crippen LogP contribution in [0.4, 0.5) is 10.1 Å². The SMILES string of the molecule is COc1ccccc1CN(C)C(=O)COC(=O)c1ccc2c(c1)C(=O)N(c1ccc(F)cc1)C2=O. The summed E-state index contributed by atoms with van der Waals surface area (Å²) in [6.45, 7) is -0.245. The van der Waals surface area contributed by atoms with E-state index >= 15 is 0 Å². The van der Waals surface area contributed by atoms with Crippen LogP contribution in [0.1, 0.15) is 36.6 Å². The number of carbonyl (C=O) groups is 4. The topological polar surface area (TPSA) is 93.2 Å². The van der Waals surface area contributed by atoms with E-state index < -0.39 is 36.1 Å². The fraction of sp³-hybridized carbons (Fsp3) is 0.154. The van der Waals surface area contributed by atoms with Crippen LogP contribution in [0, 0.1) is 5.82 Å². The van der Waals surface area contributed by atoms with Gasteiger partial charge in [-0.2, -0.15) is 0 Å². The zero-order valence-corrected chi connectivity index (χ0v) is 19.0. The van der Waals surface area contributed by atoms with Gasteiger partial charge in [0.05, 0.1) is 29.5 Å². The molecule has 1 aliphatic rings. The number of likely N-dealkylation sites (N-methyl/N-ethyl adjacent to an activating group) is 1. The smallest absolute Gasteiger partial charge is 0.338 e. The second kappa shape index (κ2) is 9.76. The van der Waals surface area contributed by atoms with E-state index in [1.54, 1.807) is 13.1 Å². The summed E-state index contributed by atoms with van der Waals surface area (Å²) in [5.74, 6) is -2.33. The number of para-hydroxylation sites is 1. The molecular formula is C26H21FN2O6. The molecule has 4 rings (SSSR count). The van der Waals surface area contributed by atoms with Gasteiger partial charge in [-0.25, -0.2) is 14.1 Å². The molecule has 1 aliphatic heterocycles. The summed E-state index contributed by atoms with van der Waals surface area (Å²) in [7, 11) is 3.11. The van der Waals surface area contributed by atoms with Gasteiger partial charge in [0, 0.05) is 19.2 Å². The number of hydrogen-bond acceptors (Lipinski definition) is 6. The normalized spacial score (nSPS) is 12.4. The van der Waals surface area contributed by atoms with E-state index in [9.17, 15) is 23.6 Å². The van der Waals surface area contributed by atoms with Crippen molar-refractivity contribution in [3.05, 3.63) is 94.8 Å². The van der Waals surface area contributed by atoms with Crippen molar-refractivity contribution in [2.75, 3.05) is 25.7 Å². The fourth-order valence-electron chi connectivity index (χ4n) is 3.69. The fourth-order valence-corrected chi connectivity index (χ4v) is 3.69. The van der Waals surface area contributed by atoms with Crippen LogP contribution in [0.3, 0.4) is 0 Å². The Kier molecular flexibility index (Phi) is 6.59. The summed E-state index contributed by atoms with van der Waals surface area (Å²) in [6, 6.07) is 16.1. The van der Waals surface area contributed by atoms with Crippen molar-refractivity contribution in [1.82, 2.24) is 4.90 Å². The van der Waals surface area contributed by atoms with Crippen LogP contribution in [0.5, 0.6) is 5.75 Å². The van der Waals surface area contributed by atoms with Crippen molar-refractivity contribution in [2.24, 2.45) is 0 Å². The molecule has 0 saturated carbocycles. The molecule has 0 aromatic heterocycles. The van der Waals surface area contributed by atoms with Crippen LogP contribution in [0.15, 0.2) is 66.7 Å². The Balaban J connectivity index is 1.42. The molecular weight excluding hydrogens is 455 g/mol. The Hall–Kier alpha value is -4.53. The number of imide groups is 1. The van der Waals surface area contributed by atoms with Crippen LogP contribution in [0.2, 0.25) is 0 Å². The Morgan fingerprint density at radius 3 is 2.34 bits per heavy atom. The van der Waals surface area contributed by atoms with Crippen LogP contribution < -0.4 is 9.64 Å². The van der Waals surface area contributed by atoms with Crippen LogP contribution in [-0.2, 0) is 16.1 Å². The summed E-state index contributed by atoms with van der Waals surface area (Å²) in [5.41, 5.74) is 1.16. The van der Waals surface area contributed by atoms with Gasteiger partial charge < -0.3 is 14.4 Å². The first-order valence-electron chi connectivity index (χ1n) is 10.6. The largest absolute Gasteiger partial charge is 0.496 e. The maximum atomic E-state index is 13.2. The van der Waals surface area contributed by atoms with E-state index in [1.165, 1.54) is 42.3 Å². The third kappa shape index (κ3) is 4.74. The Morgan fingerprint density at radius 1 is 0.943 bits per heavy atom. The zero-order chi connectivity index (χ0) is 25.1. The molecule has 0 fully saturated rings. The molecule has 3 amide bonds. The molecule has 8 nitrogen and oxygen atoms in total. The molecule has 1 heterocycles. The number of anilines is 1. The third-order valence-corrected chi connectivity index (χ3v) is 5.56. The number of fused-ring (bicyclic) bond motifs is 1. The minimum absolute atomic E-state index is 0.0195. The van der Waals surface area contributed by atoms with Gasteiger partial charge in [-0.15, -0.1) is 0 Å². The molecule has 0 N–H and O–H groups in total. The number of esters is 1. The lowest BCUT2D eigenvalue weighted by Crippen LogP contribution is -2.31. The summed E-state index contributed by atoms with van der Waals surface area (Å²) in [6.07, 6.45) is 0. The van der Waals surface area contributed by atoms with Crippen molar-refractivity contribution < 1.29 is 33.0 Å². The standard InChI is InChI=1S/C26H21FN2O6/c1-28(14-17-5-3-4-6-22(17)34-2)23(30)15-35-26(33)16-7-12-20-21(13-16)25(32)29(24(20)31)19-10-8-18(27)9-11-19/h3-13H,14-15H2,1-2H3. The molecule has 0 saturated heterocycles. The number of rotatable bonds is 7. The summed E-state index contributed by atoms with van der Waals surface area (Å²) in [4.78, 5) is 52.9. The van der Waals surface area contributed by atoms with Crippen molar-refractivity contribution in [1.29, 1.82) is 0 Å². The summed E-state index contributed by atoms with van der Waals surface area (Å²) < 4.78 is 23.6. The quantitative estimate of drug-likeness (QED) is 0.383. The monoisotopic (exact) mass is 476 g/mol. The van der Waals surface area contributed by atoms with Gasteiger partial charge in [-0.1, -0.05) is 18.2 Å². The van der Waals surface area contributed by atoms with E-state index in [0.717, 1.165) is 22.6 Å². The van der Waals surface area contributed by atoms with Gasteiger partial charge in [0.15, 0.2) is 6.61 Å². The number of ether oxygens (including phenoxy) is 2. The third-order valence-electron chi connectivity index (χ3n) is 5.56. The van der Waals surface area contributed by atoms with Gasteiger partial charge in [-0.3, -0.25) is 14.4 Å². The molecule has 178 valence electrons. The zero-order valence-electron chi connectivity index (χ0n) is 19.0. The number of amides is 3. The van der Waals surface area contributed by atoms with E-state index in [4.69, 9.17) is 9.47 Å². The van der Waals surface area contributed by atoms with Gasteiger partial charge in [0.1, 0.15) is 11.6 Å². The van der Waals surface area contributed by atoms with Gasteiger partial charge in [0.2, 0.25) is 0 Å². The second-order valence-corrected chi connectivity index (χ2v) is 7.82. The predicted octanol–water partition coefficient (Wildman–Crippen LogP) is 3.45. The maximum absolute atomic E-state index is 13.2. The lowest BCUT2D eigenvalue weighted by Gasteiger charge is -2.18. The van der Waals surface area contributed by atoms with E-state index in [0.29, 0.717) is 5.75 Å². The number of carbonyl (C=O) groups excluding carboxylic acids is 4. The maximum Gasteiger partial charge on any atom is 0.338 e. The van der Waals surface area contributed by atoms with Crippen molar-refractivity contribution >= 4 is 29.4 Å². The molecule has 0 bridgehead atoms. The highest BCUT2D eigenvalue weighted by Gasteiger charge is 2.37. The average molecular weight is 476 g/mol. The lowest BCUT2D eigenvalue weighted by atomic mass is 10.1. The van der Waals surface area contributed by atoms with Gasteiger partial charge in [-0.05, 0) is 48.5 Å². The Morgan fingerprint density at radius 2 is 1.63 bits per heavy atom. The Labute approximate surface area is 200 Å². The highest BCUT2D eigenvalue weighted by molar-refractivity contribution is 6.34. The minimum Gasteiger partial charge on any atom is -0.496 e. The van der Waals surface area contributed by atoms with Gasteiger partial charge in [0.25, 0.3) is 17.7 Å². The minimum atomic E-state index is -0.813. The Bertz CT molecular complexity index is 1320. The van der Waals surface area contributed by atoms with Crippen LogP contribution >= 0.6 is 0 Å². The number of hydrogen-bond donors (Lipinski definition) is 0. The molecule has 3 aromatic carbocycles. The highest BCUT2D eigenvalue weighted by Crippen LogP contribution is 2.29. The van der Waals surface area contributed by atoms with Crippen LogP contribution in [0.25, 0.3) is 0 Å². The molecule has 9 heteroatoms. The first kappa shape index (κ1) is 23.6. The highest BCUT2D eigenvalue weighted by atomic mass is 19.1. The first-order chi connectivity index (χ1) is 16.8. The second-order valence-electron chi connectivity index (χ2n) is 7.82. The number of nitrogens with zero attached hydrogens (tertiary/aromatic N) is 2. The summed E-state index contributed by atoms with van der Waals surface area (Å²) >= 11 is 0. The number of benzene rings is 3. The molecule has 0 spiro atoms. The molecule has 0 atom stereocenters. The van der Waals surface area contributed by atoms with E-state index in [1.807, 2.05) is 18.2 Å². The molecule has 0 unspecified atom stereocenters. The number of methoxy groups -OCH3 is 1. The van der Waals surface area contributed by atoms with E-state index in [-0.39, 0.29) is 28.9 Å². The van der Waals surface area contributed by atoms with Crippen molar-refractivity contribution in [3.63, 3.8) is 0 Å². The van der Waals surface area contributed by atoms with Crippen LogP contribution in [-0.4, -0.2) is 49.4 Å². The molecule has 3 aromatic rings. The molecule has 35 heavy (non-hydrogen) atoms. The van der Waals surface area contributed by atoms with Crippen molar-refractivity contribution in [2.45, 2.75) is 6.54 Å². The predicted molar refractivity (Wildman–Crippen MR) is 124 cm³/mol. The van der Waals surface area contributed by atoms with E-state index in [2.05, 4.69) is 0 Å². The number of halogens is 1.